The molecule has 2 rings (SSSR count). The summed E-state index contributed by atoms with van der Waals surface area (Å²) in [5.41, 5.74) is 0.476. The van der Waals surface area contributed by atoms with Crippen molar-refractivity contribution < 1.29 is 24.5 Å². The molecular formula is C18H21ClO5. The van der Waals surface area contributed by atoms with E-state index in [-0.39, 0.29) is 40.3 Å². The summed E-state index contributed by atoms with van der Waals surface area (Å²) >= 11 is 6.08. The van der Waals surface area contributed by atoms with Gasteiger partial charge in [-0.25, -0.2) is 0 Å². The number of halogens is 1. The normalized spacial score (nSPS) is 24.9. The van der Waals surface area contributed by atoms with Crippen LogP contribution in [0.2, 0.25) is 5.02 Å². The highest BCUT2D eigenvalue weighted by Gasteiger charge is 2.27. The highest BCUT2D eigenvalue weighted by molar-refractivity contribution is 6.34. The number of phenols is 2. The molecule has 0 aliphatic carbocycles. The molecular weight excluding hydrogens is 332 g/mol. The maximum absolute atomic E-state index is 12.7. The first kappa shape index (κ1) is 18.3. The van der Waals surface area contributed by atoms with Crippen molar-refractivity contribution in [2.24, 2.45) is 5.92 Å². The average molecular weight is 353 g/mol. The third-order valence-electron chi connectivity index (χ3n) is 4.42. The molecule has 130 valence electrons. The number of cyclic esters (lactones) is 1. The van der Waals surface area contributed by atoms with Crippen molar-refractivity contribution in [2.75, 3.05) is 0 Å². The van der Waals surface area contributed by atoms with Gasteiger partial charge in [0.05, 0.1) is 17.0 Å². The van der Waals surface area contributed by atoms with Gasteiger partial charge in [-0.3, -0.25) is 9.59 Å². The van der Waals surface area contributed by atoms with Crippen LogP contribution >= 0.6 is 11.6 Å². The summed E-state index contributed by atoms with van der Waals surface area (Å²) in [5.74, 6) is -1.63. The number of rotatable bonds is 0. The molecule has 0 amide bonds. The minimum absolute atomic E-state index is 0.0650. The van der Waals surface area contributed by atoms with Gasteiger partial charge in [0, 0.05) is 11.6 Å². The number of esters is 1. The zero-order valence-corrected chi connectivity index (χ0v) is 14.7. The van der Waals surface area contributed by atoms with Crippen molar-refractivity contribution in [1.82, 2.24) is 0 Å². The predicted octanol–water partition coefficient (Wildman–Crippen LogP) is 3.78. The molecule has 0 spiro atoms. The molecule has 1 aliphatic rings. The van der Waals surface area contributed by atoms with Gasteiger partial charge in [-0.1, -0.05) is 24.6 Å². The molecule has 1 aromatic rings. The second-order valence-corrected chi connectivity index (χ2v) is 6.60. The van der Waals surface area contributed by atoms with E-state index in [1.165, 1.54) is 0 Å². The van der Waals surface area contributed by atoms with Gasteiger partial charge in [-0.15, -0.1) is 0 Å². The van der Waals surface area contributed by atoms with Crippen molar-refractivity contribution in [3.63, 3.8) is 0 Å². The fourth-order valence-electron chi connectivity index (χ4n) is 2.70. The first-order chi connectivity index (χ1) is 11.2. The lowest BCUT2D eigenvalue weighted by molar-refractivity contribution is -0.149. The monoisotopic (exact) mass is 352 g/mol. The SMILES string of the molecule is C/C1=C\CCC(C)[C@H](C)OC(=O)Cc2c(Cl)c(O)cc(O)c2C1=O. The predicted molar refractivity (Wildman–Crippen MR) is 90.5 cm³/mol. The van der Waals surface area contributed by atoms with E-state index < -0.39 is 17.5 Å². The number of ketones is 1. The van der Waals surface area contributed by atoms with Crippen LogP contribution in [0.15, 0.2) is 17.7 Å². The van der Waals surface area contributed by atoms with Crippen molar-refractivity contribution in [3.05, 3.63) is 33.9 Å². The molecule has 5 nitrogen and oxygen atoms in total. The summed E-state index contributed by atoms with van der Waals surface area (Å²) in [6.45, 7) is 5.45. The molecule has 1 aromatic carbocycles. The van der Waals surface area contributed by atoms with Crippen LogP contribution in [0.3, 0.4) is 0 Å². The van der Waals surface area contributed by atoms with Crippen molar-refractivity contribution in [3.8, 4) is 11.5 Å². The number of ether oxygens (including phenoxy) is 1. The molecule has 1 aliphatic heterocycles. The van der Waals surface area contributed by atoms with Crippen molar-refractivity contribution in [1.29, 1.82) is 0 Å². The summed E-state index contributed by atoms with van der Waals surface area (Å²) in [6, 6.07) is 1.01. The van der Waals surface area contributed by atoms with Crippen molar-refractivity contribution in [2.45, 2.75) is 46.1 Å². The van der Waals surface area contributed by atoms with E-state index in [1.54, 1.807) is 13.0 Å². The quantitative estimate of drug-likeness (QED) is 0.694. The molecule has 6 heteroatoms. The van der Waals surface area contributed by atoms with Crippen molar-refractivity contribution >= 4 is 23.4 Å². The highest BCUT2D eigenvalue weighted by atomic mass is 35.5. The number of carbonyl (C=O) groups excluding carboxylic acids is 2. The Morgan fingerprint density at radius 2 is 1.88 bits per heavy atom. The number of Topliss-reactive ketones (excluding diaryl/α,β-unsaturated/α-hetero) is 1. The smallest absolute Gasteiger partial charge is 0.310 e. The van der Waals surface area contributed by atoms with Crippen LogP contribution in [0.5, 0.6) is 11.5 Å². The van der Waals surface area contributed by atoms with Gasteiger partial charge in [0.1, 0.15) is 17.6 Å². The maximum atomic E-state index is 12.7. The molecule has 0 radical (unpaired) electrons. The Balaban J connectivity index is 2.59. The summed E-state index contributed by atoms with van der Waals surface area (Å²) in [4.78, 5) is 24.9. The molecule has 24 heavy (non-hydrogen) atoms. The van der Waals surface area contributed by atoms with Gasteiger partial charge in [-0.05, 0) is 38.2 Å². The second-order valence-electron chi connectivity index (χ2n) is 6.23. The lowest BCUT2D eigenvalue weighted by Crippen LogP contribution is -2.24. The Hall–Kier alpha value is -2.01. The van der Waals surface area contributed by atoms with Gasteiger partial charge in [0.2, 0.25) is 0 Å². The first-order valence-electron chi connectivity index (χ1n) is 7.86. The fourth-order valence-corrected chi connectivity index (χ4v) is 2.92. The summed E-state index contributed by atoms with van der Waals surface area (Å²) in [7, 11) is 0. The van der Waals surface area contributed by atoms with Gasteiger partial charge in [0.25, 0.3) is 0 Å². The second kappa shape index (κ2) is 7.26. The lowest BCUT2D eigenvalue weighted by Gasteiger charge is -2.22. The van der Waals surface area contributed by atoms with E-state index in [1.807, 2.05) is 13.8 Å². The molecule has 0 saturated heterocycles. The lowest BCUT2D eigenvalue weighted by atomic mass is 9.93. The van der Waals surface area contributed by atoms with Gasteiger partial charge < -0.3 is 14.9 Å². The van der Waals surface area contributed by atoms with Gasteiger partial charge in [0.15, 0.2) is 5.78 Å². The zero-order chi connectivity index (χ0) is 18.0. The van der Waals surface area contributed by atoms with E-state index in [4.69, 9.17) is 16.3 Å². The zero-order valence-electron chi connectivity index (χ0n) is 13.9. The Labute approximate surface area is 145 Å². The van der Waals surface area contributed by atoms with Crippen LogP contribution in [0, 0.1) is 5.92 Å². The Kier molecular flexibility index (Phi) is 5.54. The molecule has 2 N–H and O–H groups in total. The van der Waals surface area contributed by atoms with Crippen LogP contribution < -0.4 is 0 Å². The molecule has 0 fully saturated rings. The Bertz CT molecular complexity index is 708. The number of hydrogen-bond donors (Lipinski definition) is 2. The topological polar surface area (TPSA) is 83.8 Å². The molecule has 0 aromatic heterocycles. The molecule has 1 heterocycles. The minimum atomic E-state index is -0.558. The fraction of sp³-hybridized carbons (Fsp3) is 0.444. The number of carbonyl (C=O) groups is 2. The van der Waals surface area contributed by atoms with E-state index in [9.17, 15) is 19.8 Å². The summed E-state index contributed by atoms with van der Waals surface area (Å²) < 4.78 is 5.40. The maximum Gasteiger partial charge on any atom is 0.310 e. The number of hydrogen-bond acceptors (Lipinski definition) is 5. The number of fused-ring (bicyclic) bond motifs is 1. The molecule has 0 bridgehead atoms. The third kappa shape index (κ3) is 3.73. The number of benzene rings is 1. The number of phenolic OH excluding ortho intramolecular Hbond substituents is 2. The minimum Gasteiger partial charge on any atom is -0.507 e. The van der Waals surface area contributed by atoms with Crippen LogP contribution in [0.25, 0.3) is 0 Å². The highest BCUT2D eigenvalue weighted by Crippen LogP contribution is 2.38. The van der Waals surface area contributed by atoms with E-state index >= 15 is 0 Å². The van der Waals surface area contributed by atoms with Crippen LogP contribution in [0.4, 0.5) is 0 Å². The first-order valence-corrected chi connectivity index (χ1v) is 8.24. The van der Waals surface area contributed by atoms with Crippen LogP contribution in [-0.4, -0.2) is 28.1 Å². The molecule has 0 saturated carbocycles. The van der Waals surface area contributed by atoms with Crippen LogP contribution in [-0.2, 0) is 16.0 Å². The largest absolute Gasteiger partial charge is 0.507 e. The van der Waals surface area contributed by atoms with E-state index in [2.05, 4.69) is 0 Å². The Morgan fingerprint density at radius 1 is 1.21 bits per heavy atom. The number of allylic oxidation sites excluding steroid dienone is 2. The van der Waals surface area contributed by atoms with E-state index in [0.29, 0.717) is 12.0 Å². The average Bonchev–Trinajstić information content (AvgIpc) is 2.50. The number of aromatic hydroxyl groups is 2. The molecule has 2 atom stereocenters. The van der Waals surface area contributed by atoms with Gasteiger partial charge in [-0.2, -0.15) is 0 Å². The summed E-state index contributed by atoms with van der Waals surface area (Å²) in [5, 5.41) is 19.8. The molecule has 1 unspecified atom stereocenters. The van der Waals surface area contributed by atoms with Gasteiger partial charge >= 0.3 is 5.97 Å². The standard InChI is InChI=1S/C18H21ClO5/c1-9-5-4-6-10(2)18(23)16-12(7-15(22)24-11(9)3)17(19)14(21)8-13(16)20/h6,8-9,11,20-21H,4-5,7H2,1-3H3/b10-6+/t9?,11-/m0/s1. The summed E-state index contributed by atoms with van der Waals surface area (Å²) in [6.07, 6.45) is 2.65. The third-order valence-corrected chi connectivity index (χ3v) is 4.84. The van der Waals surface area contributed by atoms with E-state index in [0.717, 1.165) is 12.5 Å². The van der Waals surface area contributed by atoms with Crippen LogP contribution in [0.1, 0.15) is 49.5 Å². The Morgan fingerprint density at radius 3 is 2.54 bits per heavy atom.